The number of nitrogens with zero attached hydrogens (tertiary/aromatic N) is 2. The molecule has 0 amide bonds. The number of benzene rings is 4. The van der Waals surface area contributed by atoms with Gasteiger partial charge in [-0.2, -0.15) is 8.42 Å². The molecule has 0 atom stereocenters. The van der Waals surface area contributed by atoms with Crippen LogP contribution >= 0.6 is 0 Å². The minimum atomic E-state index is -3.67. The Labute approximate surface area is 210 Å². The molecule has 4 rings (SSSR count). The second kappa shape index (κ2) is 12.5. The molecule has 0 aromatic heterocycles. The molecule has 0 aliphatic carbocycles. The van der Waals surface area contributed by atoms with Crippen molar-refractivity contribution in [2.45, 2.75) is 27.7 Å². The van der Waals surface area contributed by atoms with Crippen LogP contribution in [-0.2, 0) is 27.2 Å². The van der Waals surface area contributed by atoms with Gasteiger partial charge in [-0.3, -0.25) is 4.55 Å². The first-order chi connectivity index (χ1) is 15.6. The second-order valence-corrected chi connectivity index (χ2v) is 8.62. The predicted octanol–water partition coefficient (Wildman–Crippen LogP) is 6.96. The van der Waals surface area contributed by atoms with Crippen LogP contribution in [0.15, 0.2) is 70.9 Å². The molecular weight excluding hydrogens is 504 g/mol. The predicted molar refractivity (Wildman–Crippen MR) is 134 cm³/mol. The summed E-state index contributed by atoms with van der Waals surface area (Å²) in [4.78, 5) is 0. The van der Waals surface area contributed by atoms with E-state index in [1.165, 1.54) is 0 Å². The largest absolute Gasteiger partial charge is 0.505 e. The number of phenols is 2. The van der Waals surface area contributed by atoms with Crippen molar-refractivity contribution in [2.75, 3.05) is 6.26 Å². The summed E-state index contributed by atoms with van der Waals surface area (Å²) < 4.78 is 25.9. The van der Waals surface area contributed by atoms with Crippen LogP contribution in [0, 0.1) is 13.8 Å². The van der Waals surface area contributed by atoms with Gasteiger partial charge in [0.15, 0.2) is 11.5 Å². The Balaban J connectivity index is 0.000000645. The van der Waals surface area contributed by atoms with E-state index in [0.29, 0.717) is 17.6 Å². The van der Waals surface area contributed by atoms with Crippen molar-refractivity contribution in [3.8, 4) is 11.5 Å². The van der Waals surface area contributed by atoms with Crippen molar-refractivity contribution >= 4 is 43.0 Å². The summed E-state index contributed by atoms with van der Waals surface area (Å²) in [5, 5.41) is 33.0. The molecule has 7 nitrogen and oxygen atoms in total. The fraction of sp³-hybridized carbons (Fsp3) is 0.200. The Kier molecular flexibility index (Phi) is 10.7. The molecule has 4 aromatic rings. The number of azo groups is 1. The van der Waals surface area contributed by atoms with Gasteiger partial charge in [-0.1, -0.05) is 62.4 Å². The van der Waals surface area contributed by atoms with Crippen LogP contribution in [0.4, 0.5) is 11.4 Å². The Morgan fingerprint density at radius 1 is 0.765 bits per heavy atom. The minimum Gasteiger partial charge on any atom is -0.505 e. The number of phenolic OH excluding ortho intramolecular Hbond substituents is 2. The van der Waals surface area contributed by atoms with E-state index >= 15 is 0 Å². The average Bonchev–Trinajstić information content (AvgIpc) is 2.75. The number of aryl methyl sites for hydroxylation is 2. The number of fused-ring (bicyclic) bond motifs is 2. The maximum absolute atomic E-state index is 10.7. The molecule has 0 bridgehead atoms. The van der Waals surface area contributed by atoms with Gasteiger partial charge in [0.25, 0.3) is 10.1 Å². The Hall–Kier alpha value is -2.97. The van der Waals surface area contributed by atoms with Crippen LogP contribution in [0.2, 0.25) is 0 Å². The monoisotopic (exact) mass is 531 g/mol. The van der Waals surface area contributed by atoms with E-state index in [-0.39, 0.29) is 28.6 Å². The SMILES string of the molecule is CC.CS(=O)(=O)O.Cc1cc2cccc(C)c2c(O)c1N=Nc1ccc2ccccc2c1O.[Cu]. The number of hydrogen-bond acceptors (Lipinski definition) is 6. The van der Waals surface area contributed by atoms with Crippen molar-refractivity contribution < 1.29 is 40.3 Å². The van der Waals surface area contributed by atoms with Gasteiger partial charge >= 0.3 is 0 Å². The maximum Gasteiger partial charge on any atom is 0.261 e. The van der Waals surface area contributed by atoms with Gasteiger partial charge in [-0.15, -0.1) is 10.2 Å². The van der Waals surface area contributed by atoms with Crippen LogP contribution in [0.3, 0.4) is 0 Å². The Morgan fingerprint density at radius 2 is 1.35 bits per heavy atom. The molecule has 1 radical (unpaired) electrons. The molecule has 0 saturated heterocycles. The number of rotatable bonds is 2. The summed E-state index contributed by atoms with van der Waals surface area (Å²) in [6, 6.07) is 19.0. The molecule has 0 aliphatic rings. The third kappa shape index (κ3) is 7.27. The second-order valence-electron chi connectivity index (χ2n) is 7.15. The number of aromatic hydroxyl groups is 2. The molecule has 34 heavy (non-hydrogen) atoms. The zero-order valence-electron chi connectivity index (χ0n) is 19.5. The van der Waals surface area contributed by atoms with E-state index in [2.05, 4.69) is 10.2 Å². The van der Waals surface area contributed by atoms with Gasteiger partial charge in [0, 0.05) is 27.8 Å². The third-order valence-electron chi connectivity index (χ3n) is 4.65. The smallest absolute Gasteiger partial charge is 0.261 e. The zero-order chi connectivity index (χ0) is 24.8. The van der Waals surface area contributed by atoms with Crippen molar-refractivity contribution in [1.82, 2.24) is 0 Å². The van der Waals surface area contributed by atoms with Gasteiger partial charge in [-0.05, 0) is 47.9 Å². The van der Waals surface area contributed by atoms with Crippen LogP contribution in [0.5, 0.6) is 11.5 Å². The van der Waals surface area contributed by atoms with E-state index in [4.69, 9.17) is 4.55 Å². The molecule has 0 aliphatic heterocycles. The molecular formula is C25H28CuN2O5S. The summed E-state index contributed by atoms with van der Waals surface area (Å²) in [7, 11) is -3.67. The molecule has 0 heterocycles. The molecule has 0 unspecified atom stereocenters. The molecule has 0 spiro atoms. The Morgan fingerprint density at radius 3 is 2.00 bits per heavy atom. The molecule has 4 aromatic carbocycles. The van der Waals surface area contributed by atoms with Crippen LogP contribution in [-0.4, -0.2) is 29.4 Å². The van der Waals surface area contributed by atoms with Gasteiger partial charge < -0.3 is 10.2 Å². The first-order valence-electron chi connectivity index (χ1n) is 10.3. The summed E-state index contributed by atoms with van der Waals surface area (Å²) in [6.45, 7) is 7.84. The van der Waals surface area contributed by atoms with E-state index in [9.17, 15) is 18.6 Å². The summed E-state index contributed by atoms with van der Waals surface area (Å²) >= 11 is 0. The van der Waals surface area contributed by atoms with Gasteiger partial charge in [-0.25, -0.2) is 0 Å². The maximum atomic E-state index is 10.7. The quantitative estimate of drug-likeness (QED) is 0.147. The van der Waals surface area contributed by atoms with Gasteiger partial charge in [0.1, 0.15) is 11.4 Å². The third-order valence-corrected chi connectivity index (χ3v) is 4.65. The molecule has 185 valence electrons. The fourth-order valence-corrected chi connectivity index (χ4v) is 3.30. The number of hydrogen-bond donors (Lipinski definition) is 3. The normalized spacial score (nSPS) is 10.8. The summed E-state index contributed by atoms with van der Waals surface area (Å²) in [5.41, 5.74) is 2.58. The first kappa shape index (κ1) is 29.1. The van der Waals surface area contributed by atoms with E-state index in [1.54, 1.807) is 6.07 Å². The van der Waals surface area contributed by atoms with Crippen molar-refractivity contribution in [1.29, 1.82) is 0 Å². The van der Waals surface area contributed by atoms with Crippen molar-refractivity contribution in [3.05, 3.63) is 71.8 Å². The van der Waals surface area contributed by atoms with Crippen LogP contribution in [0.1, 0.15) is 25.0 Å². The van der Waals surface area contributed by atoms with Gasteiger partial charge in [0.2, 0.25) is 0 Å². The summed E-state index contributed by atoms with van der Waals surface area (Å²) in [6.07, 6.45) is 0.715. The average molecular weight is 532 g/mol. The zero-order valence-corrected chi connectivity index (χ0v) is 21.3. The van der Waals surface area contributed by atoms with Gasteiger partial charge in [0.05, 0.1) is 6.26 Å². The van der Waals surface area contributed by atoms with Crippen LogP contribution < -0.4 is 0 Å². The molecule has 9 heteroatoms. The summed E-state index contributed by atoms with van der Waals surface area (Å²) in [5.74, 6) is 0.197. The van der Waals surface area contributed by atoms with Crippen LogP contribution in [0.25, 0.3) is 21.5 Å². The minimum absolute atomic E-state index is 0. The van der Waals surface area contributed by atoms with E-state index < -0.39 is 10.1 Å². The topological polar surface area (TPSA) is 120 Å². The van der Waals surface area contributed by atoms with E-state index in [1.807, 2.05) is 82.3 Å². The van der Waals surface area contributed by atoms with Crippen molar-refractivity contribution in [2.24, 2.45) is 10.2 Å². The standard InChI is InChI=1S/C22H18N2O2.C2H6.CH4O3S.Cu/c1-13-6-5-8-16-12-14(2)20(22(26)19(13)16)24-23-18-11-10-15-7-3-4-9-17(15)21(18)25;1-2;1-5(2,3)4;/h3-12,25-26H,1-2H3;1-2H3;1H3,(H,2,3,4);. The Bertz CT molecular complexity index is 1410. The van der Waals surface area contributed by atoms with Crippen molar-refractivity contribution in [3.63, 3.8) is 0 Å². The first-order valence-corrected chi connectivity index (χ1v) is 12.2. The fourth-order valence-electron chi connectivity index (χ4n) is 3.30. The van der Waals surface area contributed by atoms with E-state index in [0.717, 1.165) is 32.7 Å². The molecule has 3 N–H and O–H groups in total. The molecule has 0 fully saturated rings. The molecule has 0 saturated carbocycles.